The first-order valence-electron chi connectivity index (χ1n) is 10.1. The Hall–Kier alpha value is -3.48. The van der Waals surface area contributed by atoms with E-state index in [1.54, 1.807) is 19.2 Å². The number of aryl methyl sites for hydroxylation is 1. The highest BCUT2D eigenvalue weighted by molar-refractivity contribution is 5.99. The molecule has 2 aromatic carbocycles. The second-order valence-electron chi connectivity index (χ2n) is 7.62. The topological polar surface area (TPSA) is 70.3 Å². The van der Waals surface area contributed by atoms with E-state index in [1.807, 2.05) is 11.6 Å². The molecule has 7 heteroatoms. The first-order valence-corrected chi connectivity index (χ1v) is 10.1. The Morgan fingerprint density at radius 3 is 2.80 bits per heavy atom. The minimum atomic E-state index is -0.410. The van der Waals surface area contributed by atoms with Gasteiger partial charge >= 0.3 is 5.97 Å². The number of hydrogen-bond donors (Lipinski definition) is 1. The number of aromatic nitrogens is 3. The first-order chi connectivity index (χ1) is 14.6. The third-order valence-corrected chi connectivity index (χ3v) is 6.03. The maximum atomic E-state index is 12.1. The van der Waals surface area contributed by atoms with Crippen LogP contribution in [0.15, 0.2) is 36.4 Å². The molecule has 0 fully saturated rings. The van der Waals surface area contributed by atoms with Crippen molar-refractivity contribution in [3.05, 3.63) is 42.0 Å². The average Bonchev–Trinajstić information content (AvgIpc) is 3.32. The Morgan fingerprint density at radius 1 is 1.23 bits per heavy atom. The average molecular weight is 404 g/mol. The number of methoxy groups -OCH3 is 2. The van der Waals surface area contributed by atoms with Crippen molar-refractivity contribution < 1.29 is 14.3 Å². The molecule has 3 heterocycles. The second kappa shape index (κ2) is 6.79. The first kappa shape index (κ1) is 18.5. The molecule has 0 saturated carbocycles. The Balaban J connectivity index is 1.81. The molecule has 30 heavy (non-hydrogen) atoms. The van der Waals surface area contributed by atoms with Crippen LogP contribution in [0.1, 0.15) is 29.7 Å². The number of benzene rings is 2. The number of anilines is 1. The molecular weight excluding hydrogens is 380 g/mol. The minimum Gasteiger partial charge on any atom is -0.494 e. The predicted molar refractivity (Wildman–Crippen MR) is 117 cm³/mol. The highest BCUT2D eigenvalue weighted by atomic mass is 16.5. The summed E-state index contributed by atoms with van der Waals surface area (Å²) in [5, 5.41) is 4.74. The van der Waals surface area contributed by atoms with Gasteiger partial charge in [0.25, 0.3) is 0 Å². The van der Waals surface area contributed by atoms with E-state index in [2.05, 4.69) is 41.1 Å². The van der Waals surface area contributed by atoms with Gasteiger partial charge in [-0.1, -0.05) is 19.1 Å². The van der Waals surface area contributed by atoms with Gasteiger partial charge in [-0.2, -0.15) is 0 Å². The molecule has 1 aliphatic heterocycles. The molecule has 1 N–H and O–H groups in total. The molecule has 2 aromatic heterocycles. The zero-order chi connectivity index (χ0) is 21.0. The molecule has 0 spiro atoms. The monoisotopic (exact) mass is 404 g/mol. The second-order valence-corrected chi connectivity index (χ2v) is 7.62. The summed E-state index contributed by atoms with van der Waals surface area (Å²) in [4.78, 5) is 17.0. The zero-order valence-electron chi connectivity index (χ0n) is 17.5. The van der Waals surface area contributed by atoms with Crippen LogP contribution in [-0.2, 0) is 11.8 Å². The molecule has 5 rings (SSSR count). The highest BCUT2D eigenvalue weighted by Crippen LogP contribution is 2.40. The molecular formula is C23H24N4O3. The van der Waals surface area contributed by atoms with E-state index in [1.165, 1.54) is 18.0 Å². The number of ether oxygens (including phenoxy) is 2. The van der Waals surface area contributed by atoms with Crippen molar-refractivity contribution in [2.24, 2.45) is 7.05 Å². The van der Waals surface area contributed by atoms with Crippen LogP contribution in [-0.4, -0.2) is 40.9 Å². The molecule has 1 aliphatic rings. The van der Waals surface area contributed by atoms with E-state index in [0.29, 0.717) is 22.9 Å². The molecule has 0 radical (unpaired) electrons. The summed E-state index contributed by atoms with van der Waals surface area (Å²) in [7, 11) is 4.96. The van der Waals surface area contributed by atoms with Gasteiger partial charge in [0.2, 0.25) is 0 Å². The summed E-state index contributed by atoms with van der Waals surface area (Å²) in [5.74, 6) is 1.03. The van der Waals surface area contributed by atoms with Crippen molar-refractivity contribution in [1.82, 2.24) is 14.1 Å². The van der Waals surface area contributed by atoms with Crippen molar-refractivity contribution in [1.29, 1.82) is 0 Å². The number of carbonyl (C=O) groups is 1. The fourth-order valence-corrected chi connectivity index (χ4v) is 4.56. The Labute approximate surface area is 174 Å². The molecule has 4 aromatic rings. The molecule has 1 atom stereocenters. The van der Waals surface area contributed by atoms with Gasteiger partial charge < -0.3 is 23.9 Å². The summed E-state index contributed by atoms with van der Waals surface area (Å²) in [6, 6.07) is 12.3. The van der Waals surface area contributed by atoms with Crippen molar-refractivity contribution in [2.75, 3.05) is 26.1 Å². The summed E-state index contributed by atoms with van der Waals surface area (Å²) in [6.07, 6.45) is 1.01. The molecule has 0 aliphatic carbocycles. The van der Waals surface area contributed by atoms with Crippen LogP contribution >= 0.6 is 0 Å². The van der Waals surface area contributed by atoms with Gasteiger partial charge in [-0.25, -0.2) is 9.78 Å². The lowest BCUT2D eigenvalue weighted by molar-refractivity contribution is 0.0600. The standard InChI is InChI=1S/C23H24N4O3/c1-5-15-12-24-16-8-6-7-13-10-18(27(15)20(13)16)22-25-17-9-14(23(28)30-4)11-19(29-3)21(17)26(22)2/h6-11,15,24H,5,12H2,1-4H3. The quantitative estimate of drug-likeness (QED) is 0.512. The molecule has 154 valence electrons. The largest absolute Gasteiger partial charge is 0.494 e. The van der Waals surface area contributed by atoms with E-state index < -0.39 is 5.97 Å². The van der Waals surface area contributed by atoms with Crippen LogP contribution in [0.4, 0.5) is 5.69 Å². The van der Waals surface area contributed by atoms with E-state index in [0.717, 1.165) is 35.7 Å². The number of nitrogens with one attached hydrogen (secondary N) is 1. The van der Waals surface area contributed by atoms with E-state index >= 15 is 0 Å². The number of imidazole rings is 1. The van der Waals surface area contributed by atoms with Gasteiger partial charge in [0, 0.05) is 19.0 Å². The fourth-order valence-electron chi connectivity index (χ4n) is 4.56. The van der Waals surface area contributed by atoms with Crippen LogP contribution in [0.2, 0.25) is 0 Å². The maximum absolute atomic E-state index is 12.1. The van der Waals surface area contributed by atoms with Crippen LogP contribution in [0.5, 0.6) is 5.75 Å². The molecule has 0 amide bonds. The molecule has 0 saturated heterocycles. The smallest absolute Gasteiger partial charge is 0.338 e. The van der Waals surface area contributed by atoms with Crippen molar-refractivity contribution in [2.45, 2.75) is 19.4 Å². The predicted octanol–water partition coefficient (Wildman–Crippen LogP) is 4.37. The normalized spacial score (nSPS) is 15.4. The number of nitrogens with zero attached hydrogens (tertiary/aromatic N) is 3. The van der Waals surface area contributed by atoms with Crippen LogP contribution < -0.4 is 10.1 Å². The maximum Gasteiger partial charge on any atom is 0.338 e. The van der Waals surface area contributed by atoms with E-state index in [-0.39, 0.29) is 0 Å². The fraction of sp³-hybridized carbons (Fsp3) is 0.304. The summed E-state index contributed by atoms with van der Waals surface area (Å²) in [5.41, 5.74) is 5.39. The van der Waals surface area contributed by atoms with Crippen LogP contribution in [0.3, 0.4) is 0 Å². The van der Waals surface area contributed by atoms with Crippen molar-refractivity contribution in [3.63, 3.8) is 0 Å². The third-order valence-electron chi connectivity index (χ3n) is 6.03. The van der Waals surface area contributed by atoms with E-state index in [9.17, 15) is 4.79 Å². The lowest BCUT2D eigenvalue weighted by Gasteiger charge is -2.28. The lowest BCUT2D eigenvalue weighted by Crippen LogP contribution is -2.24. The summed E-state index contributed by atoms with van der Waals surface area (Å²) >= 11 is 0. The summed E-state index contributed by atoms with van der Waals surface area (Å²) in [6.45, 7) is 3.08. The van der Waals surface area contributed by atoms with Gasteiger partial charge in [-0.05, 0) is 30.7 Å². The zero-order valence-corrected chi connectivity index (χ0v) is 17.5. The Bertz CT molecular complexity index is 1300. The van der Waals surface area contributed by atoms with Gasteiger partial charge in [0.15, 0.2) is 5.82 Å². The van der Waals surface area contributed by atoms with Crippen molar-refractivity contribution >= 4 is 33.6 Å². The number of esters is 1. The minimum absolute atomic E-state index is 0.333. The Kier molecular flexibility index (Phi) is 4.20. The van der Waals surface area contributed by atoms with Crippen LogP contribution in [0.25, 0.3) is 33.5 Å². The van der Waals surface area contributed by atoms with Gasteiger partial charge in [0.1, 0.15) is 11.3 Å². The molecule has 7 nitrogen and oxygen atoms in total. The van der Waals surface area contributed by atoms with Gasteiger partial charge in [0.05, 0.1) is 48.2 Å². The van der Waals surface area contributed by atoms with Gasteiger partial charge in [-0.15, -0.1) is 0 Å². The number of hydrogen-bond acceptors (Lipinski definition) is 5. The number of fused-ring (bicyclic) bond motifs is 1. The molecule has 1 unspecified atom stereocenters. The molecule has 0 bridgehead atoms. The number of carbonyl (C=O) groups excluding carboxylic acids is 1. The van der Waals surface area contributed by atoms with Crippen molar-refractivity contribution in [3.8, 4) is 17.3 Å². The lowest BCUT2D eigenvalue weighted by atomic mass is 10.1. The highest BCUT2D eigenvalue weighted by Gasteiger charge is 2.27. The number of rotatable bonds is 4. The van der Waals surface area contributed by atoms with Crippen LogP contribution in [0, 0.1) is 0 Å². The Morgan fingerprint density at radius 2 is 2.07 bits per heavy atom. The SMILES string of the molecule is CCC1CNc2cccc3cc(-c4nc5cc(C(=O)OC)cc(OC)c5n4C)n1c23. The number of para-hydroxylation sites is 1. The third kappa shape index (κ3) is 2.51. The van der Waals surface area contributed by atoms with E-state index in [4.69, 9.17) is 14.5 Å². The summed E-state index contributed by atoms with van der Waals surface area (Å²) < 4.78 is 14.9. The van der Waals surface area contributed by atoms with Gasteiger partial charge in [-0.3, -0.25) is 0 Å².